The van der Waals surface area contributed by atoms with E-state index in [1.165, 1.54) is 36.2 Å². The summed E-state index contributed by atoms with van der Waals surface area (Å²) in [5.41, 5.74) is 0.483. The van der Waals surface area contributed by atoms with Gasteiger partial charge in [0.15, 0.2) is 0 Å². The van der Waals surface area contributed by atoms with Gasteiger partial charge in [-0.15, -0.1) is 0 Å². The average molecular weight is 470 g/mol. The summed E-state index contributed by atoms with van der Waals surface area (Å²) in [6.45, 7) is 0. The lowest BCUT2D eigenvalue weighted by atomic mass is 9.97. The number of halogens is 3. The SMILES string of the molecule is CN(C(=O)Nc1ccc(F)c(Cl)c1)C1CS(O)(O)Cc2[nH]c(=O)c3cc(F)ccc3c21. The van der Waals surface area contributed by atoms with Crippen LogP contribution in [0, 0.1) is 11.6 Å². The molecule has 0 fully saturated rings. The summed E-state index contributed by atoms with van der Waals surface area (Å²) in [7, 11) is -1.68. The largest absolute Gasteiger partial charge is 0.324 e. The van der Waals surface area contributed by atoms with Crippen molar-refractivity contribution in [3.63, 3.8) is 0 Å². The van der Waals surface area contributed by atoms with Crippen LogP contribution in [0.3, 0.4) is 0 Å². The van der Waals surface area contributed by atoms with E-state index in [1.54, 1.807) is 0 Å². The number of pyridine rings is 1. The van der Waals surface area contributed by atoms with Crippen LogP contribution in [0.5, 0.6) is 0 Å². The minimum atomic E-state index is -3.14. The Hall–Kier alpha value is -2.66. The summed E-state index contributed by atoms with van der Waals surface area (Å²) in [4.78, 5) is 29.1. The molecule has 4 N–H and O–H groups in total. The van der Waals surface area contributed by atoms with Crippen LogP contribution in [-0.2, 0) is 5.75 Å². The van der Waals surface area contributed by atoms with Gasteiger partial charge < -0.3 is 15.2 Å². The van der Waals surface area contributed by atoms with Crippen molar-refractivity contribution >= 4 is 44.7 Å². The van der Waals surface area contributed by atoms with Crippen molar-refractivity contribution in [2.45, 2.75) is 11.8 Å². The molecule has 2 heterocycles. The Balaban J connectivity index is 1.76. The highest BCUT2D eigenvalue weighted by Gasteiger charge is 2.36. The van der Waals surface area contributed by atoms with Gasteiger partial charge in [0.25, 0.3) is 5.56 Å². The number of nitrogens with zero attached hydrogens (tertiary/aromatic N) is 1. The number of rotatable bonds is 2. The van der Waals surface area contributed by atoms with Crippen LogP contribution < -0.4 is 10.9 Å². The van der Waals surface area contributed by atoms with Crippen LogP contribution >= 0.6 is 22.2 Å². The lowest BCUT2D eigenvalue weighted by molar-refractivity contribution is 0.207. The second-order valence-electron chi connectivity index (χ2n) is 7.34. The number of aromatic nitrogens is 1. The zero-order chi connectivity index (χ0) is 22.5. The Morgan fingerprint density at radius 2 is 1.97 bits per heavy atom. The molecule has 1 aliphatic rings. The summed E-state index contributed by atoms with van der Waals surface area (Å²) in [6, 6.07) is 5.99. The number of benzene rings is 2. The van der Waals surface area contributed by atoms with Gasteiger partial charge in [-0.1, -0.05) is 17.7 Å². The number of amides is 2. The topological polar surface area (TPSA) is 106 Å². The van der Waals surface area contributed by atoms with Gasteiger partial charge >= 0.3 is 6.03 Å². The van der Waals surface area contributed by atoms with Gasteiger partial charge in [0.05, 0.1) is 28.0 Å². The molecule has 0 radical (unpaired) electrons. The molecule has 1 aliphatic heterocycles. The van der Waals surface area contributed by atoms with Crippen molar-refractivity contribution in [1.29, 1.82) is 0 Å². The van der Waals surface area contributed by atoms with Crippen molar-refractivity contribution < 1.29 is 22.7 Å². The molecule has 1 unspecified atom stereocenters. The van der Waals surface area contributed by atoms with E-state index in [0.29, 0.717) is 10.9 Å². The van der Waals surface area contributed by atoms with Crippen LogP contribution in [0.2, 0.25) is 5.02 Å². The summed E-state index contributed by atoms with van der Waals surface area (Å²) < 4.78 is 48.0. The Kier molecular flexibility index (Phi) is 5.42. The number of carbonyl (C=O) groups is 1. The molecule has 2 amide bonds. The number of anilines is 1. The molecule has 0 saturated heterocycles. The van der Waals surface area contributed by atoms with Crippen LogP contribution in [0.15, 0.2) is 41.2 Å². The highest BCUT2D eigenvalue weighted by molar-refractivity contribution is 8.23. The smallest absolute Gasteiger partial charge is 0.322 e. The summed E-state index contributed by atoms with van der Waals surface area (Å²) in [5, 5.41) is 2.94. The molecule has 4 rings (SSSR count). The van der Waals surface area contributed by atoms with Crippen molar-refractivity contribution in [1.82, 2.24) is 9.88 Å². The van der Waals surface area contributed by atoms with E-state index >= 15 is 0 Å². The maximum Gasteiger partial charge on any atom is 0.322 e. The highest BCUT2D eigenvalue weighted by Crippen LogP contribution is 2.52. The molecular weight excluding hydrogens is 452 g/mol. The molecule has 0 spiro atoms. The monoisotopic (exact) mass is 469 g/mol. The van der Waals surface area contributed by atoms with Crippen molar-refractivity contribution in [2.24, 2.45) is 0 Å². The molecule has 0 aliphatic carbocycles. The van der Waals surface area contributed by atoms with Crippen molar-refractivity contribution in [3.8, 4) is 0 Å². The summed E-state index contributed by atoms with van der Waals surface area (Å²) in [6.07, 6.45) is 0. The fourth-order valence-electron chi connectivity index (χ4n) is 3.73. The Labute approximate surface area is 182 Å². The summed E-state index contributed by atoms with van der Waals surface area (Å²) in [5.74, 6) is -1.56. The fourth-order valence-corrected chi connectivity index (χ4v) is 5.61. The second-order valence-corrected chi connectivity index (χ2v) is 9.97. The highest BCUT2D eigenvalue weighted by atomic mass is 35.5. The summed E-state index contributed by atoms with van der Waals surface area (Å²) >= 11 is 5.76. The lowest BCUT2D eigenvalue weighted by Crippen LogP contribution is -2.40. The maximum absolute atomic E-state index is 13.7. The number of hydrogen-bond acceptors (Lipinski definition) is 4. The molecule has 0 bridgehead atoms. The van der Waals surface area contributed by atoms with E-state index in [-0.39, 0.29) is 33.3 Å². The van der Waals surface area contributed by atoms with Crippen LogP contribution in [-0.4, -0.2) is 37.8 Å². The van der Waals surface area contributed by atoms with Gasteiger partial charge in [-0.3, -0.25) is 13.9 Å². The number of fused-ring (bicyclic) bond motifs is 3. The van der Waals surface area contributed by atoms with Crippen LogP contribution in [0.25, 0.3) is 10.8 Å². The van der Waals surface area contributed by atoms with E-state index in [4.69, 9.17) is 11.6 Å². The van der Waals surface area contributed by atoms with Gasteiger partial charge in [0.2, 0.25) is 0 Å². The van der Waals surface area contributed by atoms with Crippen LogP contribution in [0.4, 0.5) is 19.3 Å². The first-order valence-electron chi connectivity index (χ1n) is 9.12. The fraction of sp³-hybridized carbons (Fsp3) is 0.200. The molecule has 11 heteroatoms. The molecule has 2 aromatic carbocycles. The van der Waals surface area contributed by atoms with E-state index in [9.17, 15) is 27.5 Å². The Morgan fingerprint density at radius 1 is 1.23 bits per heavy atom. The van der Waals surface area contributed by atoms with E-state index in [1.807, 2.05) is 0 Å². The standard InChI is InChI=1S/C20H18ClF2N3O4S/c1-26(20(28)24-11-3-5-15(23)14(21)7-11)17-9-31(29,30)8-16-18(17)12-4-2-10(22)6-13(12)19(27)25-16/h2-7,17,29-30H,8-9H2,1H3,(H,24,28)(H,25,27). The Morgan fingerprint density at radius 3 is 2.68 bits per heavy atom. The minimum absolute atomic E-state index is 0.0984. The van der Waals surface area contributed by atoms with Gasteiger partial charge in [-0.2, -0.15) is 10.6 Å². The first-order chi connectivity index (χ1) is 14.6. The number of nitrogens with one attached hydrogen (secondary N) is 2. The van der Waals surface area contributed by atoms with E-state index in [0.717, 1.165) is 12.1 Å². The van der Waals surface area contributed by atoms with Gasteiger partial charge in [-0.05, 0) is 35.7 Å². The van der Waals surface area contributed by atoms with Crippen LogP contribution in [0.1, 0.15) is 17.3 Å². The molecule has 1 aromatic heterocycles. The Bertz CT molecular complexity index is 1270. The predicted molar refractivity (Wildman–Crippen MR) is 117 cm³/mol. The molecular formula is C20H18ClF2N3O4S. The molecule has 3 aromatic rings. The number of aromatic amines is 1. The van der Waals surface area contributed by atoms with Gasteiger partial charge in [-0.25, -0.2) is 13.6 Å². The van der Waals surface area contributed by atoms with E-state index in [2.05, 4.69) is 10.3 Å². The lowest BCUT2D eigenvalue weighted by Gasteiger charge is -2.44. The number of hydrogen-bond donors (Lipinski definition) is 4. The normalized spacial score (nSPS) is 18.3. The predicted octanol–water partition coefficient (Wildman–Crippen LogP) is 4.93. The number of carbonyl (C=O) groups excluding carboxylic acids is 1. The third kappa shape index (κ3) is 4.11. The zero-order valence-corrected chi connectivity index (χ0v) is 17.7. The number of H-pyrrole nitrogens is 1. The first-order valence-corrected chi connectivity index (χ1v) is 11.4. The third-order valence-corrected chi connectivity index (χ3v) is 7.09. The molecule has 7 nitrogen and oxygen atoms in total. The van der Waals surface area contributed by atoms with E-state index < -0.39 is 39.9 Å². The first kappa shape index (κ1) is 21.6. The maximum atomic E-state index is 13.7. The second kappa shape index (κ2) is 7.79. The zero-order valence-electron chi connectivity index (χ0n) is 16.2. The van der Waals surface area contributed by atoms with Gasteiger partial charge in [0, 0.05) is 24.0 Å². The number of urea groups is 1. The minimum Gasteiger partial charge on any atom is -0.324 e. The quantitative estimate of drug-likeness (QED) is 0.427. The molecule has 0 saturated carbocycles. The molecule has 1 atom stereocenters. The molecule has 31 heavy (non-hydrogen) atoms. The molecule has 164 valence electrons. The third-order valence-electron chi connectivity index (χ3n) is 5.20. The van der Waals surface area contributed by atoms with Crippen molar-refractivity contribution in [2.75, 3.05) is 18.1 Å². The van der Waals surface area contributed by atoms with Crippen molar-refractivity contribution in [3.05, 3.63) is 74.7 Å². The average Bonchev–Trinajstić information content (AvgIpc) is 2.69. The van der Waals surface area contributed by atoms with Gasteiger partial charge in [0.1, 0.15) is 11.6 Å².